The summed E-state index contributed by atoms with van der Waals surface area (Å²) in [6.07, 6.45) is 0. The largest absolute Gasteiger partial charge is 0.489 e. The first kappa shape index (κ1) is 11.7. The highest BCUT2D eigenvalue weighted by molar-refractivity contribution is 14.1. The summed E-state index contributed by atoms with van der Waals surface area (Å²) < 4.78 is 6.74. The Morgan fingerprint density at radius 1 is 1.06 bits per heavy atom. The van der Waals surface area contributed by atoms with E-state index in [1.165, 1.54) is 0 Å². The van der Waals surface area contributed by atoms with Crippen LogP contribution in [0.4, 0.5) is 0 Å². The van der Waals surface area contributed by atoms with Crippen molar-refractivity contribution in [2.75, 3.05) is 0 Å². The molecule has 0 bridgehead atoms. The van der Waals surface area contributed by atoms with Crippen molar-refractivity contribution in [2.45, 2.75) is 6.61 Å². The first-order chi connectivity index (χ1) is 7.74. The molecule has 0 N–H and O–H groups in total. The minimum absolute atomic E-state index is 0.567. The normalized spacial score (nSPS) is 10.1. The second-order valence-corrected chi connectivity index (χ2v) is 5.06. The van der Waals surface area contributed by atoms with Gasteiger partial charge in [0.15, 0.2) is 0 Å². The third kappa shape index (κ3) is 3.39. The van der Waals surface area contributed by atoms with E-state index in [1.807, 2.05) is 48.5 Å². The van der Waals surface area contributed by atoms with Gasteiger partial charge in [-0.3, -0.25) is 0 Å². The molecule has 0 fully saturated rings. The Morgan fingerprint density at radius 2 is 1.81 bits per heavy atom. The molecule has 82 valence electrons. The van der Waals surface area contributed by atoms with Crippen LogP contribution in [-0.4, -0.2) is 0 Å². The Kier molecular flexibility index (Phi) is 4.07. The second kappa shape index (κ2) is 5.55. The third-order valence-electron chi connectivity index (χ3n) is 2.08. The van der Waals surface area contributed by atoms with E-state index in [1.54, 1.807) is 0 Å². The lowest BCUT2D eigenvalue weighted by Crippen LogP contribution is -1.95. The molecule has 0 saturated heterocycles. The van der Waals surface area contributed by atoms with E-state index in [-0.39, 0.29) is 0 Å². The minimum Gasteiger partial charge on any atom is -0.489 e. The zero-order valence-corrected chi connectivity index (χ0v) is 11.4. The van der Waals surface area contributed by atoms with Crippen LogP contribution >= 0.6 is 34.2 Å². The van der Waals surface area contributed by atoms with Crippen molar-refractivity contribution in [2.24, 2.45) is 0 Å². The molecule has 0 radical (unpaired) electrons. The zero-order chi connectivity index (χ0) is 11.4. The number of hydrogen-bond acceptors (Lipinski definition) is 1. The van der Waals surface area contributed by atoms with Gasteiger partial charge in [0.1, 0.15) is 12.4 Å². The maximum Gasteiger partial charge on any atom is 0.122 e. The molecule has 2 aromatic rings. The van der Waals surface area contributed by atoms with Crippen molar-refractivity contribution in [3.05, 3.63) is 62.7 Å². The van der Waals surface area contributed by atoms with Crippen LogP contribution in [0, 0.1) is 3.57 Å². The summed E-state index contributed by atoms with van der Waals surface area (Å²) in [5, 5.41) is 0.704. The van der Waals surface area contributed by atoms with Crippen molar-refractivity contribution in [1.29, 1.82) is 0 Å². The molecular formula is C13H10ClIO. The maximum absolute atomic E-state index is 5.95. The van der Waals surface area contributed by atoms with Gasteiger partial charge in [-0.05, 0) is 46.4 Å². The van der Waals surface area contributed by atoms with Gasteiger partial charge in [0, 0.05) is 8.59 Å². The third-order valence-corrected chi connectivity index (χ3v) is 2.93. The Morgan fingerprint density at radius 3 is 2.50 bits per heavy atom. The Hall–Kier alpha value is -0.740. The Bertz CT molecular complexity index is 450. The molecule has 0 aliphatic rings. The van der Waals surface area contributed by atoms with Crippen LogP contribution in [0.2, 0.25) is 5.02 Å². The molecule has 3 heteroatoms. The standard InChI is InChI=1S/C13H10ClIO/c14-11-6-12(15)8-13(7-11)16-9-10-4-2-1-3-5-10/h1-8H,9H2. The zero-order valence-electron chi connectivity index (χ0n) is 8.49. The summed E-state index contributed by atoms with van der Waals surface area (Å²) in [6.45, 7) is 0.567. The van der Waals surface area contributed by atoms with E-state index in [0.717, 1.165) is 14.9 Å². The fraction of sp³-hybridized carbons (Fsp3) is 0.0769. The summed E-state index contributed by atoms with van der Waals surface area (Å²) in [7, 11) is 0. The lowest BCUT2D eigenvalue weighted by Gasteiger charge is -2.07. The van der Waals surface area contributed by atoms with Gasteiger partial charge in [-0.15, -0.1) is 0 Å². The van der Waals surface area contributed by atoms with Gasteiger partial charge < -0.3 is 4.74 Å². The number of halogens is 2. The quantitative estimate of drug-likeness (QED) is 0.744. The monoisotopic (exact) mass is 344 g/mol. The van der Waals surface area contributed by atoms with Gasteiger partial charge in [0.2, 0.25) is 0 Å². The van der Waals surface area contributed by atoms with E-state index in [2.05, 4.69) is 22.6 Å². The van der Waals surface area contributed by atoms with Crippen LogP contribution in [0.1, 0.15) is 5.56 Å². The molecule has 0 aromatic heterocycles. The second-order valence-electron chi connectivity index (χ2n) is 3.38. The summed E-state index contributed by atoms with van der Waals surface area (Å²) in [5.74, 6) is 0.806. The average Bonchev–Trinajstić information content (AvgIpc) is 2.27. The van der Waals surface area contributed by atoms with Crippen molar-refractivity contribution in [1.82, 2.24) is 0 Å². The molecule has 0 saturated carbocycles. The first-order valence-corrected chi connectivity index (χ1v) is 6.32. The van der Waals surface area contributed by atoms with Crippen molar-refractivity contribution in [3.63, 3.8) is 0 Å². The topological polar surface area (TPSA) is 9.23 Å². The Balaban J connectivity index is 2.05. The molecule has 2 rings (SSSR count). The molecule has 0 atom stereocenters. The molecule has 1 nitrogen and oxygen atoms in total. The molecule has 0 aliphatic heterocycles. The lowest BCUT2D eigenvalue weighted by atomic mass is 10.2. The predicted molar refractivity (Wildman–Crippen MR) is 74.9 cm³/mol. The van der Waals surface area contributed by atoms with Crippen LogP contribution in [0.25, 0.3) is 0 Å². The smallest absolute Gasteiger partial charge is 0.122 e. The van der Waals surface area contributed by atoms with Gasteiger partial charge in [0.25, 0.3) is 0 Å². The number of rotatable bonds is 3. The number of ether oxygens (including phenoxy) is 1. The molecule has 16 heavy (non-hydrogen) atoms. The summed E-state index contributed by atoms with van der Waals surface area (Å²) in [4.78, 5) is 0. The van der Waals surface area contributed by atoms with E-state index in [9.17, 15) is 0 Å². The highest BCUT2D eigenvalue weighted by atomic mass is 127. The van der Waals surface area contributed by atoms with Crippen molar-refractivity contribution >= 4 is 34.2 Å². The number of hydrogen-bond donors (Lipinski definition) is 0. The average molecular weight is 345 g/mol. The van der Waals surface area contributed by atoms with E-state index in [0.29, 0.717) is 11.6 Å². The van der Waals surface area contributed by atoms with Gasteiger partial charge in [-0.1, -0.05) is 41.9 Å². The van der Waals surface area contributed by atoms with E-state index < -0.39 is 0 Å². The van der Waals surface area contributed by atoms with Crippen LogP contribution < -0.4 is 4.74 Å². The van der Waals surface area contributed by atoms with E-state index >= 15 is 0 Å². The first-order valence-electron chi connectivity index (χ1n) is 4.87. The summed E-state index contributed by atoms with van der Waals surface area (Å²) >= 11 is 8.17. The molecule has 0 unspecified atom stereocenters. The minimum atomic E-state index is 0.567. The fourth-order valence-corrected chi connectivity index (χ4v) is 2.40. The molecular weight excluding hydrogens is 334 g/mol. The van der Waals surface area contributed by atoms with Gasteiger partial charge >= 0.3 is 0 Å². The molecule has 0 amide bonds. The van der Waals surface area contributed by atoms with Crippen molar-refractivity contribution in [3.8, 4) is 5.75 Å². The molecule has 0 aliphatic carbocycles. The maximum atomic E-state index is 5.95. The SMILES string of the molecule is Clc1cc(I)cc(OCc2ccccc2)c1. The Labute approximate surface area is 114 Å². The van der Waals surface area contributed by atoms with Crippen LogP contribution in [0.3, 0.4) is 0 Å². The van der Waals surface area contributed by atoms with Gasteiger partial charge in [0.05, 0.1) is 0 Å². The highest BCUT2D eigenvalue weighted by Gasteiger charge is 1.99. The molecule has 2 aromatic carbocycles. The highest BCUT2D eigenvalue weighted by Crippen LogP contribution is 2.22. The molecule has 0 heterocycles. The van der Waals surface area contributed by atoms with Crippen molar-refractivity contribution < 1.29 is 4.74 Å². The summed E-state index contributed by atoms with van der Waals surface area (Å²) in [6, 6.07) is 15.8. The van der Waals surface area contributed by atoms with Gasteiger partial charge in [-0.2, -0.15) is 0 Å². The fourth-order valence-electron chi connectivity index (χ4n) is 1.35. The lowest BCUT2D eigenvalue weighted by molar-refractivity contribution is 0.306. The summed E-state index contributed by atoms with van der Waals surface area (Å²) in [5.41, 5.74) is 1.15. The van der Waals surface area contributed by atoms with Crippen LogP contribution in [0.15, 0.2) is 48.5 Å². The number of benzene rings is 2. The van der Waals surface area contributed by atoms with Crippen LogP contribution in [-0.2, 0) is 6.61 Å². The molecule has 0 spiro atoms. The van der Waals surface area contributed by atoms with Gasteiger partial charge in [-0.25, -0.2) is 0 Å². The van der Waals surface area contributed by atoms with Crippen LogP contribution in [0.5, 0.6) is 5.75 Å². The predicted octanol–water partition coefficient (Wildman–Crippen LogP) is 4.52. The van der Waals surface area contributed by atoms with E-state index in [4.69, 9.17) is 16.3 Å².